The third kappa shape index (κ3) is 5.84. The van der Waals surface area contributed by atoms with Gasteiger partial charge in [0.15, 0.2) is 0 Å². The van der Waals surface area contributed by atoms with Gasteiger partial charge in [0.1, 0.15) is 22.9 Å². The zero-order chi connectivity index (χ0) is 33.0. The van der Waals surface area contributed by atoms with Crippen molar-refractivity contribution in [3.63, 3.8) is 0 Å². The first kappa shape index (κ1) is 31.6. The Morgan fingerprint density at radius 2 is 1.87 bits per heavy atom. The summed E-state index contributed by atoms with van der Waals surface area (Å²) in [5, 5.41) is 4.17. The number of piperidine rings is 1. The van der Waals surface area contributed by atoms with Gasteiger partial charge in [-0.25, -0.2) is 12.8 Å². The van der Waals surface area contributed by atoms with Gasteiger partial charge in [-0.3, -0.25) is 9.10 Å². The average Bonchev–Trinajstić information content (AvgIpc) is 3.61. The molecular weight excluding hydrogens is 624 g/mol. The Hall–Kier alpha value is -4.36. The van der Waals surface area contributed by atoms with Crippen molar-refractivity contribution in [2.24, 2.45) is 0 Å². The number of alkyl halides is 3. The summed E-state index contributed by atoms with van der Waals surface area (Å²) in [5.41, 5.74) is 2.05. The average molecular weight is 657 g/mol. The van der Waals surface area contributed by atoms with Crippen LogP contribution in [0.1, 0.15) is 45.9 Å². The van der Waals surface area contributed by atoms with E-state index in [2.05, 4.69) is 10.3 Å². The van der Waals surface area contributed by atoms with Crippen molar-refractivity contribution in [3.05, 3.63) is 88.9 Å². The zero-order valence-electron chi connectivity index (χ0n) is 25.3. The summed E-state index contributed by atoms with van der Waals surface area (Å²) in [4.78, 5) is 18.0. The normalized spacial score (nSPS) is 16.0. The number of H-pyrrole nitrogens is 1. The number of halogens is 4. The van der Waals surface area contributed by atoms with E-state index in [1.54, 1.807) is 30.1 Å². The number of anilines is 1. The fourth-order valence-corrected chi connectivity index (χ4v) is 6.77. The van der Waals surface area contributed by atoms with Gasteiger partial charge in [-0.1, -0.05) is 12.1 Å². The quantitative estimate of drug-likeness (QED) is 0.186. The molecule has 13 heteroatoms. The number of furan rings is 1. The lowest BCUT2D eigenvalue weighted by molar-refractivity contribution is -0.136. The van der Waals surface area contributed by atoms with E-state index in [1.807, 2.05) is 6.07 Å². The summed E-state index contributed by atoms with van der Waals surface area (Å²) in [7, 11) is -0.465. The molecule has 0 radical (unpaired) electrons. The van der Waals surface area contributed by atoms with Crippen LogP contribution in [0.25, 0.3) is 33.2 Å². The highest BCUT2D eigenvalue weighted by Crippen LogP contribution is 2.42. The number of hydrogen-bond donors (Lipinski definition) is 2. The van der Waals surface area contributed by atoms with Gasteiger partial charge in [-0.15, -0.1) is 0 Å². The first-order valence-corrected chi connectivity index (χ1v) is 16.5. The fourth-order valence-electron chi connectivity index (χ4n) is 6.26. The molecule has 46 heavy (non-hydrogen) atoms. The number of carbonyl (C=O) groups excluding carboxylic acids is 1. The minimum atomic E-state index is -4.59. The van der Waals surface area contributed by atoms with Crippen molar-refractivity contribution in [1.82, 2.24) is 15.2 Å². The summed E-state index contributed by atoms with van der Waals surface area (Å²) in [6.07, 6.45) is -2.24. The molecule has 8 nitrogen and oxygen atoms in total. The van der Waals surface area contributed by atoms with E-state index in [0.717, 1.165) is 23.3 Å². The molecule has 6 rings (SSSR count). The predicted molar refractivity (Wildman–Crippen MR) is 169 cm³/mol. The molecule has 1 aliphatic rings. The van der Waals surface area contributed by atoms with Crippen LogP contribution in [-0.4, -0.2) is 57.6 Å². The maximum absolute atomic E-state index is 13.7. The van der Waals surface area contributed by atoms with Crippen LogP contribution in [0.4, 0.5) is 23.2 Å². The van der Waals surface area contributed by atoms with Gasteiger partial charge < -0.3 is 19.6 Å². The molecule has 2 N–H and O–H groups in total. The van der Waals surface area contributed by atoms with Crippen LogP contribution in [0.2, 0.25) is 0 Å². The number of para-hydroxylation sites is 1. The second-order valence-corrected chi connectivity index (χ2v) is 13.6. The number of aromatic amines is 1. The van der Waals surface area contributed by atoms with Crippen LogP contribution in [-0.2, 0) is 22.7 Å². The van der Waals surface area contributed by atoms with Crippen LogP contribution < -0.4 is 9.62 Å². The van der Waals surface area contributed by atoms with Crippen molar-refractivity contribution in [1.29, 1.82) is 0 Å². The third-order valence-electron chi connectivity index (χ3n) is 8.58. The molecule has 1 amide bonds. The topological polar surface area (TPSA) is 98.7 Å². The Labute approximate surface area is 263 Å². The van der Waals surface area contributed by atoms with Crippen molar-refractivity contribution < 1.29 is 35.2 Å². The molecule has 1 unspecified atom stereocenters. The van der Waals surface area contributed by atoms with Crippen molar-refractivity contribution in [2.45, 2.75) is 31.5 Å². The predicted octanol–water partition coefficient (Wildman–Crippen LogP) is 6.87. The van der Waals surface area contributed by atoms with Crippen molar-refractivity contribution in [3.8, 4) is 11.3 Å². The van der Waals surface area contributed by atoms with E-state index in [0.29, 0.717) is 54.1 Å². The molecule has 0 bridgehead atoms. The second-order valence-electron chi connectivity index (χ2n) is 11.6. The molecule has 1 atom stereocenters. The van der Waals surface area contributed by atoms with Gasteiger partial charge >= 0.3 is 6.18 Å². The van der Waals surface area contributed by atoms with Gasteiger partial charge in [0.05, 0.1) is 23.0 Å². The van der Waals surface area contributed by atoms with E-state index >= 15 is 0 Å². The Balaban J connectivity index is 1.42. The molecular formula is C33H32F4N4O4S. The summed E-state index contributed by atoms with van der Waals surface area (Å²) in [6, 6.07) is 14.7. The monoisotopic (exact) mass is 656 g/mol. The molecule has 0 spiro atoms. The van der Waals surface area contributed by atoms with Crippen LogP contribution >= 0.6 is 0 Å². The van der Waals surface area contributed by atoms with Gasteiger partial charge in [0.2, 0.25) is 10.0 Å². The summed E-state index contributed by atoms with van der Waals surface area (Å²) >= 11 is 0. The number of benzene rings is 3. The number of sulfonamides is 1. The molecule has 0 saturated carbocycles. The lowest BCUT2D eigenvalue weighted by Gasteiger charge is -2.34. The zero-order valence-corrected chi connectivity index (χ0v) is 26.2. The third-order valence-corrected chi connectivity index (χ3v) is 9.77. The number of hydrogen-bond acceptors (Lipinski definition) is 5. The molecule has 3 heterocycles. The van der Waals surface area contributed by atoms with Gasteiger partial charge in [0, 0.05) is 60.6 Å². The fraction of sp³-hybridized carbons (Fsp3) is 0.303. The van der Waals surface area contributed by atoms with E-state index < -0.39 is 27.7 Å². The number of amides is 1. The van der Waals surface area contributed by atoms with Crippen LogP contribution in [0, 0.1) is 5.82 Å². The summed E-state index contributed by atoms with van der Waals surface area (Å²) in [5.74, 6) is -0.597. The van der Waals surface area contributed by atoms with E-state index in [4.69, 9.17) is 4.42 Å². The van der Waals surface area contributed by atoms with Crippen LogP contribution in [0.15, 0.2) is 65.1 Å². The Kier molecular flexibility index (Phi) is 8.09. The SMILES string of the molecule is CNCc1c(-c2ccc(F)cc2)oc2cc(N(C)S(C)(=O)=O)c(C3CCCN(C(=O)c4cc5cccc(C(F)(F)F)c5[nH]4)C3)cc12. The number of aromatic nitrogens is 1. The molecule has 5 aromatic rings. The van der Waals surface area contributed by atoms with Gasteiger partial charge in [-0.05, 0) is 67.9 Å². The van der Waals surface area contributed by atoms with E-state index in [9.17, 15) is 30.8 Å². The summed E-state index contributed by atoms with van der Waals surface area (Å²) in [6.45, 7) is 1.03. The minimum Gasteiger partial charge on any atom is -0.456 e. The Bertz CT molecular complexity index is 2050. The Morgan fingerprint density at radius 1 is 1.13 bits per heavy atom. The molecule has 0 aliphatic carbocycles. The molecule has 242 valence electrons. The van der Waals surface area contributed by atoms with E-state index in [-0.39, 0.29) is 34.9 Å². The number of likely N-dealkylation sites (tertiary alicyclic amines) is 1. The molecule has 2 aromatic heterocycles. The minimum absolute atomic E-state index is 0.0476. The largest absolute Gasteiger partial charge is 0.456 e. The van der Waals surface area contributed by atoms with Crippen molar-refractivity contribution >= 4 is 43.5 Å². The molecule has 3 aromatic carbocycles. The number of carbonyl (C=O) groups is 1. The molecule has 1 aliphatic heterocycles. The van der Waals surface area contributed by atoms with E-state index in [1.165, 1.54) is 41.7 Å². The number of nitrogens with one attached hydrogen (secondary N) is 2. The smallest absolute Gasteiger partial charge is 0.418 e. The van der Waals surface area contributed by atoms with Gasteiger partial charge in [-0.2, -0.15) is 13.2 Å². The van der Waals surface area contributed by atoms with Gasteiger partial charge in [0.25, 0.3) is 5.91 Å². The number of nitrogens with zero attached hydrogens (tertiary/aromatic N) is 2. The highest BCUT2D eigenvalue weighted by Gasteiger charge is 2.35. The van der Waals surface area contributed by atoms with Crippen LogP contribution in [0.5, 0.6) is 0 Å². The lowest BCUT2D eigenvalue weighted by atomic mass is 9.88. The number of fused-ring (bicyclic) bond motifs is 2. The first-order chi connectivity index (χ1) is 21.8. The number of rotatable bonds is 7. The first-order valence-electron chi connectivity index (χ1n) is 14.7. The molecule has 1 fully saturated rings. The van der Waals surface area contributed by atoms with Crippen LogP contribution in [0.3, 0.4) is 0 Å². The second kappa shape index (κ2) is 11.8. The van der Waals surface area contributed by atoms with Crippen molar-refractivity contribution in [2.75, 3.05) is 37.7 Å². The maximum atomic E-state index is 13.7. The maximum Gasteiger partial charge on any atom is 0.418 e. The standard InChI is InChI=1S/C33H32F4N4O4S/c1-38-17-25-24-15-23(28(40(2)46(3,43)44)16-29(24)45-31(25)19-9-11-22(34)12-10-19)21-7-5-13-41(18-21)32(42)27-14-20-6-4-8-26(30(20)39-27)33(35,36)37/h4,6,8-12,14-16,21,38-39H,5,7,13,17-18H2,1-3H3. The highest BCUT2D eigenvalue weighted by atomic mass is 32.2. The molecule has 1 saturated heterocycles. The lowest BCUT2D eigenvalue weighted by Crippen LogP contribution is -2.39. The summed E-state index contributed by atoms with van der Waals surface area (Å²) < 4.78 is 87.6. The highest BCUT2D eigenvalue weighted by molar-refractivity contribution is 7.92. The Morgan fingerprint density at radius 3 is 2.54 bits per heavy atom.